The molecule has 1 N–H and O–H groups in total. The summed E-state index contributed by atoms with van der Waals surface area (Å²) >= 11 is 0. The first-order valence-corrected chi connectivity index (χ1v) is 9.34. The highest BCUT2D eigenvalue weighted by atomic mass is 32.2. The van der Waals surface area contributed by atoms with Crippen LogP contribution in [0.1, 0.15) is 31.7 Å². The highest BCUT2D eigenvalue weighted by molar-refractivity contribution is 7.91. The van der Waals surface area contributed by atoms with E-state index in [1.807, 2.05) is 0 Å². The molecule has 1 saturated heterocycles. The first kappa shape index (κ1) is 17.5. The molecule has 1 heterocycles. The lowest BCUT2D eigenvalue weighted by Gasteiger charge is -2.33. The summed E-state index contributed by atoms with van der Waals surface area (Å²) in [5.74, 6) is -1.18. The van der Waals surface area contributed by atoms with Gasteiger partial charge in [0.1, 0.15) is 6.04 Å². The number of hydrogen-bond donors (Lipinski definition) is 1. The second-order valence-electron chi connectivity index (χ2n) is 5.66. The first-order chi connectivity index (χ1) is 10.8. The van der Waals surface area contributed by atoms with Gasteiger partial charge < -0.3 is 10.0 Å². The Bertz CT molecular complexity index is 681. The standard InChI is InChI=1S/C16H21NO5S/c1-2-23(21,22)13-8-6-12(7-9-13)11-15(18)17-10-4-3-5-14(17)16(19)20/h6-9,14H,2-5,10-11H2,1H3,(H,19,20). The monoisotopic (exact) mass is 339 g/mol. The van der Waals surface area contributed by atoms with Crippen LogP contribution in [-0.4, -0.2) is 48.6 Å². The van der Waals surface area contributed by atoms with E-state index < -0.39 is 21.8 Å². The molecule has 1 unspecified atom stereocenters. The Hall–Kier alpha value is -1.89. The minimum atomic E-state index is -3.26. The van der Waals surface area contributed by atoms with Crippen LogP contribution in [0, 0.1) is 0 Å². The van der Waals surface area contributed by atoms with E-state index in [0.29, 0.717) is 18.5 Å². The number of piperidine rings is 1. The molecule has 1 atom stereocenters. The van der Waals surface area contributed by atoms with E-state index in [4.69, 9.17) is 0 Å². The van der Waals surface area contributed by atoms with E-state index in [1.54, 1.807) is 19.1 Å². The third-order valence-corrected chi connectivity index (χ3v) is 5.88. The molecule has 0 radical (unpaired) electrons. The number of amides is 1. The highest BCUT2D eigenvalue weighted by Gasteiger charge is 2.31. The second kappa shape index (κ2) is 7.12. The van der Waals surface area contributed by atoms with Crippen molar-refractivity contribution in [3.05, 3.63) is 29.8 Å². The molecule has 126 valence electrons. The van der Waals surface area contributed by atoms with Gasteiger partial charge in [-0.05, 0) is 37.0 Å². The minimum absolute atomic E-state index is 0.0271. The Morgan fingerprint density at radius 2 is 1.87 bits per heavy atom. The molecule has 1 fully saturated rings. The number of rotatable bonds is 5. The number of benzene rings is 1. The predicted molar refractivity (Wildman–Crippen MR) is 84.9 cm³/mol. The fraction of sp³-hybridized carbons (Fsp3) is 0.500. The minimum Gasteiger partial charge on any atom is -0.480 e. The van der Waals surface area contributed by atoms with Gasteiger partial charge >= 0.3 is 5.97 Å². The van der Waals surface area contributed by atoms with Crippen molar-refractivity contribution in [2.45, 2.75) is 43.5 Å². The highest BCUT2D eigenvalue weighted by Crippen LogP contribution is 2.19. The molecule has 1 aromatic carbocycles. The summed E-state index contributed by atoms with van der Waals surface area (Å²) in [7, 11) is -3.26. The summed E-state index contributed by atoms with van der Waals surface area (Å²) in [6.07, 6.45) is 2.18. The molecule has 1 aliphatic rings. The second-order valence-corrected chi connectivity index (χ2v) is 7.94. The van der Waals surface area contributed by atoms with Crippen LogP contribution in [0.5, 0.6) is 0 Å². The van der Waals surface area contributed by atoms with Crippen LogP contribution < -0.4 is 0 Å². The number of hydrogen-bond acceptors (Lipinski definition) is 4. The van der Waals surface area contributed by atoms with Crippen molar-refractivity contribution in [1.82, 2.24) is 4.90 Å². The molecule has 0 aliphatic carbocycles. The first-order valence-electron chi connectivity index (χ1n) is 7.69. The van der Waals surface area contributed by atoms with Crippen LogP contribution in [0.3, 0.4) is 0 Å². The number of likely N-dealkylation sites (tertiary alicyclic amines) is 1. The van der Waals surface area contributed by atoms with Gasteiger partial charge in [0.2, 0.25) is 5.91 Å². The van der Waals surface area contributed by atoms with Crippen LogP contribution in [0.4, 0.5) is 0 Å². The zero-order valence-corrected chi connectivity index (χ0v) is 13.9. The van der Waals surface area contributed by atoms with Crippen molar-refractivity contribution in [1.29, 1.82) is 0 Å². The maximum absolute atomic E-state index is 12.4. The number of sulfone groups is 1. The smallest absolute Gasteiger partial charge is 0.326 e. The molecule has 1 aromatic rings. The van der Waals surface area contributed by atoms with Crippen LogP contribution in [0.15, 0.2) is 29.2 Å². The maximum Gasteiger partial charge on any atom is 0.326 e. The predicted octanol–water partition coefficient (Wildman–Crippen LogP) is 1.49. The summed E-state index contributed by atoms with van der Waals surface area (Å²) < 4.78 is 23.5. The lowest BCUT2D eigenvalue weighted by molar-refractivity contribution is -0.151. The quantitative estimate of drug-likeness (QED) is 0.877. The van der Waals surface area contributed by atoms with Gasteiger partial charge in [-0.25, -0.2) is 13.2 Å². The van der Waals surface area contributed by atoms with Crippen molar-refractivity contribution in [3.8, 4) is 0 Å². The van der Waals surface area contributed by atoms with E-state index in [9.17, 15) is 23.1 Å². The summed E-state index contributed by atoms with van der Waals surface area (Å²) in [4.78, 5) is 25.3. The molecule has 1 aliphatic heterocycles. The molecule has 0 aromatic heterocycles. The van der Waals surface area contributed by atoms with Gasteiger partial charge in [0.25, 0.3) is 0 Å². The molecule has 0 saturated carbocycles. The van der Waals surface area contributed by atoms with Crippen LogP contribution in [0.25, 0.3) is 0 Å². The largest absolute Gasteiger partial charge is 0.480 e. The number of carbonyl (C=O) groups is 2. The van der Waals surface area contributed by atoms with E-state index in [-0.39, 0.29) is 23.0 Å². The summed E-state index contributed by atoms with van der Waals surface area (Å²) in [6.45, 7) is 2.03. The van der Waals surface area contributed by atoms with Gasteiger partial charge in [-0.3, -0.25) is 4.79 Å². The van der Waals surface area contributed by atoms with Gasteiger partial charge in [0.15, 0.2) is 9.84 Å². The van der Waals surface area contributed by atoms with E-state index in [2.05, 4.69) is 0 Å². The molecule has 2 rings (SSSR count). The van der Waals surface area contributed by atoms with E-state index in [1.165, 1.54) is 17.0 Å². The summed E-state index contributed by atoms with van der Waals surface area (Å²) in [5, 5.41) is 9.22. The van der Waals surface area contributed by atoms with Gasteiger partial charge in [-0.1, -0.05) is 19.1 Å². The molecule has 23 heavy (non-hydrogen) atoms. The van der Waals surface area contributed by atoms with Crippen molar-refractivity contribution in [2.75, 3.05) is 12.3 Å². The van der Waals surface area contributed by atoms with Crippen molar-refractivity contribution in [3.63, 3.8) is 0 Å². The Labute approximate surface area is 136 Å². The number of nitrogens with zero attached hydrogens (tertiary/aromatic N) is 1. The summed E-state index contributed by atoms with van der Waals surface area (Å²) in [6, 6.07) is 5.45. The van der Waals surface area contributed by atoms with Crippen molar-refractivity contribution in [2.24, 2.45) is 0 Å². The normalized spacial score (nSPS) is 18.7. The number of aliphatic carboxylic acids is 1. The number of carboxylic acids is 1. The summed E-state index contributed by atoms with van der Waals surface area (Å²) in [5.41, 5.74) is 0.680. The molecular weight excluding hydrogens is 318 g/mol. The molecular formula is C16H21NO5S. The van der Waals surface area contributed by atoms with Crippen LogP contribution in [-0.2, 0) is 25.8 Å². The lowest BCUT2D eigenvalue weighted by atomic mass is 10.0. The third kappa shape index (κ3) is 4.10. The fourth-order valence-electron chi connectivity index (χ4n) is 2.74. The van der Waals surface area contributed by atoms with Gasteiger partial charge in [-0.15, -0.1) is 0 Å². The van der Waals surface area contributed by atoms with Crippen LogP contribution in [0.2, 0.25) is 0 Å². The van der Waals surface area contributed by atoms with E-state index >= 15 is 0 Å². The SMILES string of the molecule is CCS(=O)(=O)c1ccc(CC(=O)N2CCCCC2C(=O)O)cc1. The Morgan fingerprint density at radius 1 is 1.22 bits per heavy atom. The maximum atomic E-state index is 12.4. The lowest BCUT2D eigenvalue weighted by Crippen LogP contribution is -2.48. The van der Waals surface area contributed by atoms with Gasteiger partial charge in [-0.2, -0.15) is 0 Å². The molecule has 0 bridgehead atoms. The number of carbonyl (C=O) groups excluding carboxylic acids is 1. The van der Waals surface area contributed by atoms with Crippen molar-refractivity contribution < 1.29 is 23.1 Å². The topological polar surface area (TPSA) is 91.8 Å². The fourth-order valence-corrected chi connectivity index (χ4v) is 3.63. The average Bonchev–Trinajstić information content (AvgIpc) is 2.55. The molecule has 6 nitrogen and oxygen atoms in total. The molecule has 1 amide bonds. The zero-order valence-electron chi connectivity index (χ0n) is 13.1. The molecule has 7 heteroatoms. The molecule has 0 spiro atoms. The Morgan fingerprint density at radius 3 is 2.43 bits per heavy atom. The van der Waals surface area contributed by atoms with Crippen molar-refractivity contribution >= 4 is 21.7 Å². The van der Waals surface area contributed by atoms with Gasteiger partial charge in [0.05, 0.1) is 17.1 Å². The average molecular weight is 339 g/mol. The van der Waals surface area contributed by atoms with E-state index in [0.717, 1.165) is 12.8 Å². The zero-order chi connectivity index (χ0) is 17.0. The Kier molecular flexibility index (Phi) is 5.41. The Balaban J connectivity index is 2.09. The third-order valence-electron chi connectivity index (χ3n) is 4.13. The van der Waals surface area contributed by atoms with Gasteiger partial charge in [0, 0.05) is 6.54 Å². The van der Waals surface area contributed by atoms with Crippen LogP contribution >= 0.6 is 0 Å². The number of carboxylic acid groups (broad SMARTS) is 1.